The molecule has 2 aliphatic rings. The Kier molecular flexibility index (Phi) is 4.95. The second-order valence-electron chi connectivity index (χ2n) is 7.77. The first kappa shape index (κ1) is 18.7. The van der Waals surface area contributed by atoms with E-state index >= 15 is 0 Å². The third-order valence-electron chi connectivity index (χ3n) is 5.85. The van der Waals surface area contributed by atoms with Crippen molar-refractivity contribution in [2.45, 2.75) is 33.6 Å². The maximum Gasteiger partial charge on any atom is 0.257 e. The van der Waals surface area contributed by atoms with Crippen molar-refractivity contribution < 1.29 is 4.79 Å². The Bertz CT molecular complexity index is 877. The molecule has 2 aromatic rings. The Labute approximate surface area is 166 Å². The van der Waals surface area contributed by atoms with Gasteiger partial charge in [-0.25, -0.2) is 9.97 Å². The van der Waals surface area contributed by atoms with Crippen molar-refractivity contribution in [3.8, 4) is 0 Å². The highest BCUT2D eigenvalue weighted by Crippen LogP contribution is 2.24. The third-order valence-corrected chi connectivity index (χ3v) is 5.85. The van der Waals surface area contributed by atoms with Gasteiger partial charge in [0, 0.05) is 58.1 Å². The molecule has 28 heavy (non-hydrogen) atoms. The normalized spacial score (nSPS) is 17.5. The minimum absolute atomic E-state index is 0.0828. The Morgan fingerprint density at radius 1 is 0.893 bits per heavy atom. The van der Waals surface area contributed by atoms with E-state index in [1.165, 1.54) is 12.8 Å². The number of rotatable bonds is 3. The van der Waals surface area contributed by atoms with Crippen molar-refractivity contribution in [3.63, 3.8) is 0 Å². The number of hydrogen-bond acceptors (Lipinski definition) is 6. The summed E-state index contributed by atoms with van der Waals surface area (Å²) in [5, 5.41) is 4.38. The fourth-order valence-corrected chi connectivity index (χ4v) is 4.19. The average molecular weight is 384 g/mol. The standard InChI is InChI=1S/C20H29N7O/c1-14-19(15(2)24(4)23-14)20(28)27-11-9-26(10-12-27)18-13-17(21-16(3)22-18)25-7-5-6-8-25/h13H,5-12H2,1-4H3. The molecule has 2 saturated heterocycles. The van der Waals surface area contributed by atoms with Gasteiger partial charge in [0.25, 0.3) is 5.91 Å². The minimum atomic E-state index is 0.0828. The van der Waals surface area contributed by atoms with Crippen LogP contribution in [0.3, 0.4) is 0 Å². The number of amides is 1. The van der Waals surface area contributed by atoms with Crippen molar-refractivity contribution in [3.05, 3.63) is 28.8 Å². The van der Waals surface area contributed by atoms with Gasteiger partial charge in [0.05, 0.1) is 11.3 Å². The number of nitrogens with zero attached hydrogens (tertiary/aromatic N) is 7. The van der Waals surface area contributed by atoms with Crippen LogP contribution in [-0.4, -0.2) is 69.8 Å². The van der Waals surface area contributed by atoms with Crippen molar-refractivity contribution in [2.24, 2.45) is 7.05 Å². The predicted molar refractivity (Wildman–Crippen MR) is 109 cm³/mol. The van der Waals surface area contributed by atoms with E-state index in [-0.39, 0.29) is 5.91 Å². The lowest BCUT2D eigenvalue weighted by Crippen LogP contribution is -2.49. The molecule has 0 atom stereocenters. The van der Waals surface area contributed by atoms with Crippen LogP contribution < -0.4 is 9.80 Å². The summed E-state index contributed by atoms with van der Waals surface area (Å²) in [6.45, 7) is 10.9. The summed E-state index contributed by atoms with van der Waals surface area (Å²) < 4.78 is 1.78. The topological polar surface area (TPSA) is 70.4 Å². The molecular formula is C20H29N7O. The molecule has 0 N–H and O–H groups in total. The van der Waals surface area contributed by atoms with E-state index in [2.05, 4.69) is 30.9 Å². The lowest BCUT2D eigenvalue weighted by molar-refractivity contribution is 0.0745. The number of carbonyl (C=O) groups excluding carboxylic acids is 1. The van der Waals surface area contributed by atoms with Gasteiger partial charge in [0.1, 0.15) is 17.5 Å². The lowest BCUT2D eigenvalue weighted by Gasteiger charge is -2.36. The molecule has 2 aromatic heterocycles. The van der Waals surface area contributed by atoms with Crippen LogP contribution in [-0.2, 0) is 7.05 Å². The van der Waals surface area contributed by atoms with E-state index in [0.29, 0.717) is 13.1 Å². The van der Waals surface area contributed by atoms with Crippen LogP contribution in [0.1, 0.15) is 40.4 Å². The maximum atomic E-state index is 13.0. The van der Waals surface area contributed by atoms with E-state index in [0.717, 1.165) is 60.6 Å². The molecule has 0 radical (unpaired) electrons. The zero-order valence-corrected chi connectivity index (χ0v) is 17.3. The molecule has 0 unspecified atom stereocenters. The van der Waals surface area contributed by atoms with Crippen LogP contribution in [0.15, 0.2) is 6.07 Å². The zero-order chi connectivity index (χ0) is 19.8. The second kappa shape index (κ2) is 7.41. The first-order valence-corrected chi connectivity index (χ1v) is 10.1. The Hall–Kier alpha value is -2.64. The molecule has 8 nitrogen and oxygen atoms in total. The van der Waals surface area contributed by atoms with Gasteiger partial charge in [-0.05, 0) is 33.6 Å². The summed E-state index contributed by atoms with van der Waals surface area (Å²) in [6.07, 6.45) is 2.46. The molecule has 0 bridgehead atoms. The Balaban J connectivity index is 1.46. The van der Waals surface area contributed by atoms with Crippen LogP contribution in [0.5, 0.6) is 0 Å². The lowest BCUT2D eigenvalue weighted by atomic mass is 10.1. The number of piperazine rings is 1. The quantitative estimate of drug-likeness (QED) is 0.803. The SMILES string of the molecule is Cc1nc(N2CCCC2)cc(N2CCN(C(=O)c3c(C)nn(C)c3C)CC2)n1. The van der Waals surface area contributed by atoms with Crippen LogP contribution in [0, 0.1) is 20.8 Å². The molecular weight excluding hydrogens is 354 g/mol. The van der Waals surface area contributed by atoms with E-state index < -0.39 is 0 Å². The summed E-state index contributed by atoms with van der Waals surface area (Å²) in [5.41, 5.74) is 2.46. The summed E-state index contributed by atoms with van der Waals surface area (Å²) in [4.78, 5) is 28.8. The summed E-state index contributed by atoms with van der Waals surface area (Å²) in [6, 6.07) is 2.10. The van der Waals surface area contributed by atoms with Gasteiger partial charge in [-0.15, -0.1) is 0 Å². The monoisotopic (exact) mass is 383 g/mol. The maximum absolute atomic E-state index is 13.0. The Morgan fingerprint density at radius 3 is 2.00 bits per heavy atom. The van der Waals surface area contributed by atoms with Gasteiger partial charge >= 0.3 is 0 Å². The van der Waals surface area contributed by atoms with E-state index in [1.807, 2.05) is 32.7 Å². The number of aromatic nitrogens is 4. The van der Waals surface area contributed by atoms with Crippen molar-refractivity contribution >= 4 is 17.5 Å². The van der Waals surface area contributed by atoms with Crippen LogP contribution in [0.2, 0.25) is 0 Å². The predicted octanol–water partition coefficient (Wildman–Crippen LogP) is 1.70. The van der Waals surface area contributed by atoms with Gasteiger partial charge in [-0.2, -0.15) is 5.10 Å². The van der Waals surface area contributed by atoms with Crippen LogP contribution in [0.25, 0.3) is 0 Å². The second-order valence-corrected chi connectivity index (χ2v) is 7.77. The van der Waals surface area contributed by atoms with Gasteiger partial charge in [-0.1, -0.05) is 0 Å². The number of hydrogen-bond donors (Lipinski definition) is 0. The molecule has 150 valence electrons. The molecule has 1 amide bonds. The van der Waals surface area contributed by atoms with E-state index in [4.69, 9.17) is 0 Å². The van der Waals surface area contributed by atoms with Gasteiger partial charge in [-0.3, -0.25) is 9.48 Å². The molecule has 0 saturated carbocycles. The molecule has 2 aliphatic heterocycles. The smallest absolute Gasteiger partial charge is 0.257 e. The average Bonchev–Trinajstić information content (AvgIpc) is 3.30. The van der Waals surface area contributed by atoms with Crippen molar-refractivity contribution in [2.75, 3.05) is 49.1 Å². The van der Waals surface area contributed by atoms with Gasteiger partial charge < -0.3 is 14.7 Å². The highest BCUT2D eigenvalue weighted by molar-refractivity contribution is 5.96. The van der Waals surface area contributed by atoms with Gasteiger partial charge in [0.15, 0.2) is 0 Å². The molecule has 2 fully saturated rings. The molecule has 0 spiro atoms. The largest absolute Gasteiger partial charge is 0.356 e. The van der Waals surface area contributed by atoms with E-state index in [9.17, 15) is 4.79 Å². The van der Waals surface area contributed by atoms with Crippen LogP contribution >= 0.6 is 0 Å². The molecule has 0 aromatic carbocycles. The fourth-order valence-electron chi connectivity index (χ4n) is 4.19. The van der Waals surface area contributed by atoms with E-state index in [1.54, 1.807) is 4.68 Å². The summed E-state index contributed by atoms with van der Waals surface area (Å²) >= 11 is 0. The van der Waals surface area contributed by atoms with Crippen LogP contribution in [0.4, 0.5) is 11.6 Å². The summed E-state index contributed by atoms with van der Waals surface area (Å²) in [7, 11) is 1.88. The minimum Gasteiger partial charge on any atom is -0.356 e. The number of carbonyl (C=O) groups is 1. The molecule has 8 heteroatoms. The molecule has 4 rings (SSSR count). The van der Waals surface area contributed by atoms with Gasteiger partial charge in [0.2, 0.25) is 0 Å². The first-order chi connectivity index (χ1) is 13.4. The molecule has 0 aliphatic carbocycles. The first-order valence-electron chi connectivity index (χ1n) is 10.1. The highest BCUT2D eigenvalue weighted by Gasteiger charge is 2.27. The fraction of sp³-hybridized carbons (Fsp3) is 0.600. The Morgan fingerprint density at radius 2 is 1.46 bits per heavy atom. The number of anilines is 2. The zero-order valence-electron chi connectivity index (χ0n) is 17.3. The number of aryl methyl sites for hydroxylation is 3. The summed E-state index contributed by atoms with van der Waals surface area (Å²) in [5.74, 6) is 2.88. The third kappa shape index (κ3) is 3.43. The highest BCUT2D eigenvalue weighted by atomic mass is 16.2. The van der Waals surface area contributed by atoms with Crippen molar-refractivity contribution in [1.29, 1.82) is 0 Å². The molecule has 4 heterocycles. The van der Waals surface area contributed by atoms with Crippen molar-refractivity contribution in [1.82, 2.24) is 24.6 Å².